The molecule has 0 atom stereocenters. The van der Waals surface area contributed by atoms with Gasteiger partial charge in [0.2, 0.25) is 0 Å². The Morgan fingerprint density at radius 1 is 1.00 bits per heavy atom. The number of benzene rings is 2. The van der Waals surface area contributed by atoms with Gasteiger partial charge in [-0.15, -0.1) is 0 Å². The first-order valence-corrected chi connectivity index (χ1v) is 10.3. The topological polar surface area (TPSA) is 56.8 Å². The summed E-state index contributed by atoms with van der Waals surface area (Å²) in [5.41, 5.74) is 3.70. The highest BCUT2D eigenvalue weighted by Gasteiger charge is 2.13. The first kappa shape index (κ1) is 21.3. The van der Waals surface area contributed by atoms with Crippen LogP contribution in [-0.4, -0.2) is 62.3 Å². The van der Waals surface area contributed by atoms with Crippen molar-refractivity contribution in [3.05, 3.63) is 71.3 Å². The summed E-state index contributed by atoms with van der Waals surface area (Å²) in [6.07, 6.45) is 0. The number of carbonyl (C=O) groups is 1. The number of likely N-dealkylation sites (N-methyl/N-ethyl adjacent to an activating group) is 1. The zero-order valence-electron chi connectivity index (χ0n) is 17.3. The van der Waals surface area contributed by atoms with E-state index in [9.17, 15) is 4.79 Å². The summed E-state index contributed by atoms with van der Waals surface area (Å²) in [5.74, 6) is 0. The molecule has 0 spiro atoms. The monoisotopic (exact) mass is 396 g/mol. The Morgan fingerprint density at radius 2 is 1.69 bits per heavy atom. The lowest BCUT2D eigenvalue weighted by atomic mass is 10.1. The molecule has 1 aliphatic rings. The van der Waals surface area contributed by atoms with E-state index in [1.54, 1.807) is 0 Å². The number of morpholine rings is 1. The predicted octanol–water partition coefficient (Wildman–Crippen LogP) is 2.45. The third-order valence-corrected chi connectivity index (χ3v) is 5.13. The minimum absolute atomic E-state index is 0.126. The van der Waals surface area contributed by atoms with Gasteiger partial charge in [0.15, 0.2) is 0 Å². The average molecular weight is 397 g/mol. The molecule has 2 N–H and O–H groups in total. The molecule has 0 radical (unpaired) electrons. The van der Waals surface area contributed by atoms with Gasteiger partial charge >= 0.3 is 6.03 Å². The van der Waals surface area contributed by atoms with Gasteiger partial charge in [-0.2, -0.15) is 0 Å². The summed E-state index contributed by atoms with van der Waals surface area (Å²) in [5, 5.41) is 5.94. The number of ether oxygens (including phenoxy) is 1. The summed E-state index contributed by atoms with van der Waals surface area (Å²) in [7, 11) is 2.06. The van der Waals surface area contributed by atoms with Gasteiger partial charge in [-0.3, -0.25) is 4.90 Å². The lowest BCUT2D eigenvalue weighted by Gasteiger charge is -2.27. The third-order valence-electron chi connectivity index (χ3n) is 5.13. The lowest BCUT2D eigenvalue weighted by Crippen LogP contribution is -2.39. The van der Waals surface area contributed by atoms with Crippen molar-refractivity contribution in [3.8, 4) is 0 Å². The Labute approximate surface area is 173 Å². The van der Waals surface area contributed by atoms with E-state index in [0.717, 1.165) is 51.5 Å². The van der Waals surface area contributed by atoms with Gasteiger partial charge in [0, 0.05) is 45.8 Å². The van der Waals surface area contributed by atoms with Crippen molar-refractivity contribution in [1.82, 2.24) is 20.4 Å². The summed E-state index contributed by atoms with van der Waals surface area (Å²) in [4.78, 5) is 16.8. The van der Waals surface area contributed by atoms with E-state index in [1.807, 2.05) is 24.3 Å². The van der Waals surface area contributed by atoms with Gasteiger partial charge in [0.25, 0.3) is 0 Å². The van der Waals surface area contributed by atoms with Gasteiger partial charge in [-0.25, -0.2) is 4.79 Å². The number of rotatable bonds is 9. The summed E-state index contributed by atoms with van der Waals surface area (Å²) < 4.78 is 5.42. The molecule has 2 aromatic rings. The highest BCUT2D eigenvalue weighted by molar-refractivity contribution is 5.73. The minimum atomic E-state index is -0.126. The standard InChI is InChI=1S/C23H32N4O2/c1-26(18-20-7-3-2-4-8-20)12-11-24-23(28)25-17-21-9-5-6-10-22(21)19-27-13-15-29-16-14-27/h2-10H,11-19H2,1H3,(H2,24,25,28). The Bertz CT molecular complexity index is 748. The minimum Gasteiger partial charge on any atom is -0.379 e. The van der Waals surface area contributed by atoms with E-state index in [2.05, 4.69) is 57.8 Å². The molecule has 1 fully saturated rings. The van der Waals surface area contributed by atoms with Crippen molar-refractivity contribution in [2.24, 2.45) is 0 Å². The largest absolute Gasteiger partial charge is 0.379 e. The van der Waals surface area contributed by atoms with Gasteiger partial charge in [-0.05, 0) is 23.7 Å². The van der Waals surface area contributed by atoms with Crippen LogP contribution >= 0.6 is 0 Å². The highest BCUT2D eigenvalue weighted by Crippen LogP contribution is 2.13. The fraction of sp³-hybridized carbons (Fsp3) is 0.435. The zero-order valence-corrected chi connectivity index (χ0v) is 17.3. The SMILES string of the molecule is CN(CCNC(=O)NCc1ccccc1CN1CCOCC1)Cc1ccccc1. The molecular formula is C23H32N4O2. The van der Waals surface area contributed by atoms with E-state index in [4.69, 9.17) is 4.74 Å². The smallest absolute Gasteiger partial charge is 0.315 e. The Morgan fingerprint density at radius 3 is 2.45 bits per heavy atom. The maximum Gasteiger partial charge on any atom is 0.315 e. The van der Waals surface area contributed by atoms with Crippen LogP contribution in [0.15, 0.2) is 54.6 Å². The van der Waals surface area contributed by atoms with Crippen molar-refractivity contribution in [2.75, 3.05) is 46.4 Å². The van der Waals surface area contributed by atoms with Crippen molar-refractivity contribution in [3.63, 3.8) is 0 Å². The highest BCUT2D eigenvalue weighted by atomic mass is 16.5. The van der Waals surface area contributed by atoms with E-state index < -0.39 is 0 Å². The van der Waals surface area contributed by atoms with Crippen molar-refractivity contribution < 1.29 is 9.53 Å². The molecule has 2 amide bonds. The Balaban J connectivity index is 1.38. The van der Waals surface area contributed by atoms with Gasteiger partial charge in [0.1, 0.15) is 0 Å². The Hall–Kier alpha value is -2.41. The number of amides is 2. The second-order valence-corrected chi connectivity index (χ2v) is 7.49. The predicted molar refractivity (Wildman–Crippen MR) is 116 cm³/mol. The van der Waals surface area contributed by atoms with Crippen LogP contribution in [0.1, 0.15) is 16.7 Å². The Kier molecular flexibility index (Phi) is 8.49. The fourth-order valence-electron chi connectivity index (χ4n) is 3.46. The second-order valence-electron chi connectivity index (χ2n) is 7.49. The number of carbonyl (C=O) groups excluding carboxylic acids is 1. The average Bonchev–Trinajstić information content (AvgIpc) is 2.74. The van der Waals surface area contributed by atoms with E-state index in [-0.39, 0.29) is 6.03 Å². The molecule has 6 heteroatoms. The van der Waals surface area contributed by atoms with Crippen LogP contribution in [0.3, 0.4) is 0 Å². The van der Waals surface area contributed by atoms with Crippen LogP contribution in [0.4, 0.5) is 4.79 Å². The van der Waals surface area contributed by atoms with Crippen molar-refractivity contribution in [1.29, 1.82) is 0 Å². The molecule has 0 aromatic heterocycles. The zero-order chi connectivity index (χ0) is 20.3. The molecule has 0 bridgehead atoms. The van der Waals surface area contributed by atoms with Gasteiger partial charge in [-0.1, -0.05) is 54.6 Å². The fourth-order valence-corrected chi connectivity index (χ4v) is 3.46. The van der Waals surface area contributed by atoms with Gasteiger partial charge in [0.05, 0.1) is 13.2 Å². The summed E-state index contributed by atoms with van der Waals surface area (Å²) in [6.45, 7) is 7.22. The number of hydrogen-bond donors (Lipinski definition) is 2. The maximum absolute atomic E-state index is 12.2. The molecule has 3 rings (SSSR count). The summed E-state index contributed by atoms with van der Waals surface area (Å²) >= 11 is 0. The first-order chi connectivity index (χ1) is 14.2. The van der Waals surface area contributed by atoms with Crippen molar-refractivity contribution >= 4 is 6.03 Å². The number of nitrogens with one attached hydrogen (secondary N) is 2. The quantitative estimate of drug-likeness (QED) is 0.684. The normalized spacial score (nSPS) is 14.7. The van der Waals surface area contributed by atoms with Crippen LogP contribution in [-0.2, 0) is 24.4 Å². The molecule has 1 saturated heterocycles. The van der Waals surface area contributed by atoms with E-state index in [0.29, 0.717) is 13.1 Å². The van der Waals surface area contributed by atoms with E-state index >= 15 is 0 Å². The molecule has 29 heavy (non-hydrogen) atoms. The van der Waals surface area contributed by atoms with Crippen molar-refractivity contribution in [2.45, 2.75) is 19.6 Å². The van der Waals surface area contributed by atoms with Crippen LogP contribution in [0.5, 0.6) is 0 Å². The van der Waals surface area contributed by atoms with Crippen LogP contribution in [0.25, 0.3) is 0 Å². The van der Waals surface area contributed by atoms with E-state index in [1.165, 1.54) is 11.1 Å². The van der Waals surface area contributed by atoms with Crippen LogP contribution in [0, 0.1) is 0 Å². The molecule has 156 valence electrons. The van der Waals surface area contributed by atoms with Gasteiger partial charge < -0.3 is 20.3 Å². The van der Waals surface area contributed by atoms with Crippen LogP contribution < -0.4 is 10.6 Å². The molecule has 1 heterocycles. The molecule has 2 aromatic carbocycles. The molecule has 0 aliphatic carbocycles. The molecule has 0 unspecified atom stereocenters. The maximum atomic E-state index is 12.2. The third kappa shape index (κ3) is 7.49. The first-order valence-electron chi connectivity index (χ1n) is 10.3. The van der Waals surface area contributed by atoms with Crippen LogP contribution in [0.2, 0.25) is 0 Å². The summed E-state index contributed by atoms with van der Waals surface area (Å²) in [6, 6.07) is 18.5. The molecule has 0 saturated carbocycles. The number of urea groups is 1. The molecule has 6 nitrogen and oxygen atoms in total. The lowest BCUT2D eigenvalue weighted by molar-refractivity contribution is 0.0341. The number of nitrogens with zero attached hydrogens (tertiary/aromatic N) is 2. The number of hydrogen-bond acceptors (Lipinski definition) is 4. The second kappa shape index (κ2) is 11.6. The molecule has 1 aliphatic heterocycles. The molecular weight excluding hydrogens is 364 g/mol.